The van der Waals surface area contributed by atoms with Crippen molar-refractivity contribution in [3.05, 3.63) is 74.7 Å². The summed E-state index contributed by atoms with van der Waals surface area (Å²) >= 11 is 19.1. The van der Waals surface area contributed by atoms with Gasteiger partial charge in [-0.15, -0.1) is 0 Å². The zero-order valence-corrected chi connectivity index (χ0v) is 19.6. The van der Waals surface area contributed by atoms with Crippen molar-refractivity contribution in [2.45, 2.75) is 38.6 Å². The summed E-state index contributed by atoms with van der Waals surface area (Å²) in [5, 5.41) is 8.41. The first-order valence-electron chi connectivity index (χ1n) is 10.2. The van der Waals surface area contributed by atoms with Crippen LogP contribution in [0.3, 0.4) is 0 Å². The van der Waals surface area contributed by atoms with Gasteiger partial charge in [0, 0.05) is 22.9 Å². The molecule has 1 aliphatic heterocycles. The van der Waals surface area contributed by atoms with Gasteiger partial charge in [-0.2, -0.15) is 5.10 Å². The molecule has 1 aromatic heterocycles. The Morgan fingerprint density at radius 2 is 1.81 bits per heavy atom. The molecule has 2 aromatic carbocycles. The van der Waals surface area contributed by atoms with Crippen LogP contribution in [0, 0.1) is 0 Å². The lowest BCUT2D eigenvalue weighted by Crippen LogP contribution is -2.19. The molecule has 5 nitrogen and oxygen atoms in total. The van der Waals surface area contributed by atoms with Crippen molar-refractivity contribution in [1.29, 1.82) is 0 Å². The minimum atomic E-state index is -0.151. The second-order valence-corrected chi connectivity index (χ2v) is 8.69. The standard InChI is InChI=1S/C23H23Cl3N4O/c1-3-4-5-21-27-22(23(26)28-21)20-13-19(14-6-8-18(31-2)9-7-14)29-30(20)17-11-15(24)10-16(25)12-17/h6-12,20H,3-5,13H2,1-2H3,(H,27,28). The number of imidazole rings is 1. The van der Waals surface area contributed by atoms with E-state index in [0.29, 0.717) is 21.6 Å². The molecule has 2 heterocycles. The summed E-state index contributed by atoms with van der Waals surface area (Å²) in [5.74, 6) is 1.69. The second kappa shape index (κ2) is 9.51. The van der Waals surface area contributed by atoms with Gasteiger partial charge in [0.25, 0.3) is 0 Å². The van der Waals surface area contributed by atoms with E-state index in [1.54, 1.807) is 13.2 Å². The Morgan fingerprint density at radius 3 is 2.45 bits per heavy atom. The lowest BCUT2D eigenvalue weighted by Gasteiger charge is -2.23. The molecule has 0 spiro atoms. The molecule has 0 radical (unpaired) electrons. The van der Waals surface area contributed by atoms with Crippen LogP contribution in [0.25, 0.3) is 0 Å². The fraction of sp³-hybridized carbons (Fsp3) is 0.304. The van der Waals surface area contributed by atoms with Gasteiger partial charge in [0.1, 0.15) is 17.6 Å². The third kappa shape index (κ3) is 4.84. The van der Waals surface area contributed by atoms with Crippen molar-refractivity contribution >= 4 is 46.2 Å². The van der Waals surface area contributed by atoms with E-state index in [9.17, 15) is 0 Å². The van der Waals surface area contributed by atoms with Gasteiger partial charge in [0.05, 0.1) is 24.2 Å². The minimum absolute atomic E-state index is 0.151. The molecule has 3 aromatic rings. The monoisotopic (exact) mass is 476 g/mol. The Bertz CT molecular complexity index is 1070. The van der Waals surface area contributed by atoms with E-state index in [1.807, 2.05) is 41.4 Å². The highest BCUT2D eigenvalue weighted by molar-refractivity contribution is 6.35. The van der Waals surface area contributed by atoms with Crippen molar-refractivity contribution in [3.63, 3.8) is 0 Å². The fourth-order valence-corrected chi connectivity index (χ4v) is 4.49. The molecule has 4 rings (SSSR count). The van der Waals surface area contributed by atoms with Gasteiger partial charge in [-0.1, -0.05) is 48.1 Å². The summed E-state index contributed by atoms with van der Waals surface area (Å²) < 4.78 is 5.28. The van der Waals surface area contributed by atoms with Crippen LogP contribution in [-0.2, 0) is 6.42 Å². The number of hydrogen-bond acceptors (Lipinski definition) is 4. The van der Waals surface area contributed by atoms with Crippen LogP contribution < -0.4 is 9.75 Å². The highest BCUT2D eigenvalue weighted by atomic mass is 35.5. The van der Waals surface area contributed by atoms with Crippen LogP contribution in [0.2, 0.25) is 15.2 Å². The number of nitrogens with zero attached hydrogens (tertiary/aromatic N) is 3. The molecule has 0 fully saturated rings. The first-order chi connectivity index (χ1) is 15.0. The average molecular weight is 478 g/mol. The third-order valence-electron chi connectivity index (χ3n) is 5.28. The summed E-state index contributed by atoms with van der Waals surface area (Å²) in [6, 6.07) is 13.1. The molecular weight excluding hydrogens is 455 g/mol. The number of aryl methyl sites for hydroxylation is 1. The number of nitrogens with one attached hydrogen (secondary N) is 1. The lowest BCUT2D eigenvalue weighted by atomic mass is 10.0. The maximum absolute atomic E-state index is 6.56. The maximum atomic E-state index is 6.56. The third-order valence-corrected chi connectivity index (χ3v) is 6.00. The van der Waals surface area contributed by atoms with Gasteiger partial charge in [-0.25, -0.2) is 4.98 Å². The number of unbranched alkanes of at least 4 members (excludes halogenated alkanes) is 1. The molecule has 8 heteroatoms. The Hall–Kier alpha value is -2.21. The van der Waals surface area contributed by atoms with Crippen molar-refractivity contribution in [3.8, 4) is 5.75 Å². The van der Waals surface area contributed by atoms with E-state index >= 15 is 0 Å². The second-order valence-electron chi connectivity index (χ2n) is 7.46. The lowest BCUT2D eigenvalue weighted by molar-refractivity contribution is 0.415. The molecule has 1 unspecified atom stereocenters. The zero-order valence-electron chi connectivity index (χ0n) is 17.3. The molecule has 0 bridgehead atoms. The number of H-pyrrole nitrogens is 1. The predicted molar refractivity (Wildman–Crippen MR) is 128 cm³/mol. The van der Waals surface area contributed by atoms with E-state index in [0.717, 1.165) is 53.5 Å². The number of aromatic amines is 1. The van der Waals surface area contributed by atoms with E-state index < -0.39 is 0 Å². The molecular formula is C23H23Cl3N4O. The number of aromatic nitrogens is 2. The Morgan fingerprint density at radius 1 is 1.10 bits per heavy atom. The minimum Gasteiger partial charge on any atom is -0.497 e. The number of methoxy groups -OCH3 is 1. The summed E-state index contributed by atoms with van der Waals surface area (Å²) in [7, 11) is 1.65. The van der Waals surface area contributed by atoms with Crippen LogP contribution in [0.5, 0.6) is 5.75 Å². The summed E-state index contributed by atoms with van der Waals surface area (Å²) in [6.07, 6.45) is 3.66. The van der Waals surface area contributed by atoms with E-state index in [1.165, 1.54) is 0 Å². The zero-order chi connectivity index (χ0) is 22.0. The average Bonchev–Trinajstić information content (AvgIpc) is 3.35. The molecule has 0 amide bonds. The van der Waals surface area contributed by atoms with Gasteiger partial charge in [-0.3, -0.25) is 5.01 Å². The largest absolute Gasteiger partial charge is 0.497 e. The molecule has 1 aliphatic rings. The van der Waals surface area contributed by atoms with Crippen LogP contribution in [0.1, 0.15) is 49.3 Å². The summed E-state index contributed by atoms with van der Waals surface area (Å²) in [6.45, 7) is 2.15. The molecule has 0 saturated heterocycles. The number of anilines is 1. The number of halogens is 3. The molecule has 162 valence electrons. The van der Waals surface area contributed by atoms with Gasteiger partial charge >= 0.3 is 0 Å². The Balaban J connectivity index is 1.73. The van der Waals surface area contributed by atoms with Crippen LogP contribution in [0.15, 0.2) is 47.6 Å². The number of hydrogen-bond donors (Lipinski definition) is 1. The van der Waals surface area contributed by atoms with Gasteiger partial charge in [0.15, 0.2) is 5.15 Å². The number of hydrazone groups is 1. The van der Waals surface area contributed by atoms with Crippen molar-refractivity contribution in [2.24, 2.45) is 5.10 Å². The first-order valence-corrected chi connectivity index (χ1v) is 11.3. The van der Waals surface area contributed by atoms with E-state index in [2.05, 4.69) is 16.9 Å². The van der Waals surface area contributed by atoms with Crippen LogP contribution >= 0.6 is 34.8 Å². The molecule has 1 atom stereocenters. The van der Waals surface area contributed by atoms with Crippen molar-refractivity contribution in [2.75, 3.05) is 12.1 Å². The SMILES string of the molecule is CCCCc1nc(Cl)c(C2CC(c3ccc(OC)cc3)=NN2c2cc(Cl)cc(Cl)c2)[nH]1. The first kappa shape index (κ1) is 22.0. The fourth-order valence-electron chi connectivity index (χ4n) is 3.70. The highest BCUT2D eigenvalue weighted by Gasteiger charge is 2.33. The van der Waals surface area contributed by atoms with Gasteiger partial charge < -0.3 is 9.72 Å². The summed E-state index contributed by atoms with van der Waals surface area (Å²) in [4.78, 5) is 7.97. The van der Waals surface area contributed by atoms with E-state index in [4.69, 9.17) is 44.6 Å². The maximum Gasteiger partial charge on any atom is 0.152 e. The number of benzene rings is 2. The van der Waals surface area contributed by atoms with Gasteiger partial charge in [0.2, 0.25) is 0 Å². The van der Waals surface area contributed by atoms with Crippen LogP contribution in [-0.4, -0.2) is 22.8 Å². The van der Waals surface area contributed by atoms with Crippen molar-refractivity contribution in [1.82, 2.24) is 9.97 Å². The molecule has 31 heavy (non-hydrogen) atoms. The van der Waals surface area contributed by atoms with Gasteiger partial charge in [-0.05, 0) is 54.4 Å². The summed E-state index contributed by atoms with van der Waals surface area (Å²) in [5.41, 5.74) is 3.59. The number of rotatable bonds is 7. The van der Waals surface area contributed by atoms with Crippen LogP contribution in [0.4, 0.5) is 5.69 Å². The van der Waals surface area contributed by atoms with E-state index in [-0.39, 0.29) is 6.04 Å². The van der Waals surface area contributed by atoms with Crippen molar-refractivity contribution < 1.29 is 4.74 Å². The number of ether oxygens (including phenoxy) is 1. The topological polar surface area (TPSA) is 53.5 Å². The Labute approximate surface area is 197 Å². The molecule has 0 saturated carbocycles. The molecule has 1 N–H and O–H groups in total. The molecule has 0 aliphatic carbocycles. The quantitative estimate of drug-likeness (QED) is 0.395. The smallest absolute Gasteiger partial charge is 0.152 e. The highest BCUT2D eigenvalue weighted by Crippen LogP contribution is 2.40. The predicted octanol–water partition coefficient (Wildman–Crippen LogP) is 7.08. The normalized spacial score (nSPS) is 16.0. The Kier molecular flexibility index (Phi) is 6.75.